The van der Waals surface area contributed by atoms with E-state index in [-0.39, 0.29) is 28.6 Å². The number of benzene rings is 2. The highest BCUT2D eigenvalue weighted by molar-refractivity contribution is 6.13. The van der Waals surface area contributed by atoms with Crippen molar-refractivity contribution in [3.8, 4) is 17.2 Å². The number of methoxy groups -OCH3 is 3. The Morgan fingerprint density at radius 1 is 1.04 bits per heavy atom. The number of cyclic esters (lactones) is 1. The Morgan fingerprint density at radius 2 is 1.75 bits per heavy atom. The summed E-state index contributed by atoms with van der Waals surface area (Å²) in [6, 6.07) is 9.27. The van der Waals surface area contributed by atoms with E-state index in [1.54, 1.807) is 18.2 Å². The molecule has 0 spiro atoms. The number of nitro benzene ring substituents is 1. The van der Waals surface area contributed by atoms with E-state index in [0.29, 0.717) is 17.1 Å². The van der Waals surface area contributed by atoms with Gasteiger partial charge in [0, 0.05) is 17.2 Å². The van der Waals surface area contributed by atoms with Crippen LogP contribution < -0.4 is 14.2 Å². The van der Waals surface area contributed by atoms with E-state index in [4.69, 9.17) is 18.9 Å². The lowest BCUT2D eigenvalue weighted by Gasteiger charge is -2.07. The van der Waals surface area contributed by atoms with Gasteiger partial charge in [-0.3, -0.25) is 10.1 Å². The molecular weight excluding hydrogens is 368 g/mol. The minimum atomic E-state index is -0.682. The molecule has 0 saturated heterocycles. The Balaban J connectivity index is 2.01. The van der Waals surface area contributed by atoms with Crippen molar-refractivity contribution in [2.45, 2.75) is 0 Å². The fourth-order valence-corrected chi connectivity index (χ4v) is 2.60. The molecule has 2 aromatic carbocycles. The zero-order valence-electron chi connectivity index (χ0n) is 15.3. The monoisotopic (exact) mass is 384 g/mol. The van der Waals surface area contributed by atoms with Crippen molar-refractivity contribution in [1.29, 1.82) is 0 Å². The Hall–Kier alpha value is -3.88. The normalized spacial score (nSPS) is 14.5. The lowest BCUT2D eigenvalue weighted by atomic mass is 10.1. The number of aliphatic imine (C=N–C) groups is 1. The molecule has 0 aliphatic carbocycles. The molecule has 1 aliphatic rings. The molecular formula is C19H16N2O7. The van der Waals surface area contributed by atoms with Gasteiger partial charge >= 0.3 is 11.7 Å². The van der Waals surface area contributed by atoms with Crippen LogP contribution in [-0.4, -0.2) is 38.1 Å². The Morgan fingerprint density at radius 3 is 2.39 bits per heavy atom. The Labute approximate surface area is 160 Å². The molecule has 28 heavy (non-hydrogen) atoms. The maximum absolute atomic E-state index is 12.2. The zero-order chi connectivity index (χ0) is 20.3. The Bertz CT molecular complexity index is 1010. The fourth-order valence-electron chi connectivity index (χ4n) is 2.60. The van der Waals surface area contributed by atoms with Crippen molar-refractivity contribution in [3.63, 3.8) is 0 Å². The van der Waals surface area contributed by atoms with Crippen LogP contribution in [0.25, 0.3) is 6.08 Å². The fraction of sp³-hybridized carbons (Fsp3) is 0.158. The largest absolute Gasteiger partial charge is 0.497 e. The molecule has 0 amide bonds. The first-order valence-electron chi connectivity index (χ1n) is 8.04. The van der Waals surface area contributed by atoms with Gasteiger partial charge in [0.1, 0.15) is 11.5 Å². The molecule has 0 aromatic heterocycles. The van der Waals surface area contributed by atoms with Gasteiger partial charge < -0.3 is 18.9 Å². The van der Waals surface area contributed by atoms with Gasteiger partial charge in [-0.15, -0.1) is 0 Å². The summed E-state index contributed by atoms with van der Waals surface area (Å²) in [5, 5.41) is 11.2. The van der Waals surface area contributed by atoms with Crippen LogP contribution >= 0.6 is 0 Å². The lowest BCUT2D eigenvalue weighted by Crippen LogP contribution is -2.06. The molecule has 0 radical (unpaired) electrons. The second kappa shape index (κ2) is 7.78. The van der Waals surface area contributed by atoms with E-state index < -0.39 is 10.9 Å². The van der Waals surface area contributed by atoms with Gasteiger partial charge in [-0.05, 0) is 36.4 Å². The molecule has 144 valence electrons. The third-order valence-electron chi connectivity index (χ3n) is 3.97. The highest BCUT2D eigenvalue weighted by atomic mass is 16.6. The summed E-state index contributed by atoms with van der Waals surface area (Å²) < 4.78 is 20.6. The molecule has 9 nitrogen and oxygen atoms in total. The number of carbonyl (C=O) groups excluding carboxylic acids is 1. The number of ether oxygens (including phenoxy) is 4. The first-order chi connectivity index (χ1) is 13.5. The van der Waals surface area contributed by atoms with E-state index in [1.165, 1.54) is 45.6 Å². The smallest absolute Gasteiger partial charge is 0.363 e. The van der Waals surface area contributed by atoms with Gasteiger partial charge in [-0.25, -0.2) is 9.79 Å². The van der Waals surface area contributed by atoms with Crippen molar-refractivity contribution in [1.82, 2.24) is 0 Å². The van der Waals surface area contributed by atoms with Crippen LogP contribution in [0.3, 0.4) is 0 Å². The first kappa shape index (κ1) is 18.9. The minimum absolute atomic E-state index is 0.0278. The average molecular weight is 384 g/mol. The predicted octanol–water partition coefficient (Wildman–Crippen LogP) is 2.97. The van der Waals surface area contributed by atoms with Crippen molar-refractivity contribution >= 4 is 23.6 Å². The molecule has 2 aromatic rings. The third-order valence-corrected chi connectivity index (χ3v) is 3.97. The zero-order valence-corrected chi connectivity index (χ0v) is 15.3. The summed E-state index contributed by atoms with van der Waals surface area (Å²) >= 11 is 0. The Kier molecular flexibility index (Phi) is 5.25. The first-order valence-corrected chi connectivity index (χ1v) is 8.04. The number of rotatable bonds is 6. The highest BCUT2D eigenvalue weighted by Gasteiger charge is 2.27. The van der Waals surface area contributed by atoms with Gasteiger partial charge in [0.15, 0.2) is 11.4 Å². The van der Waals surface area contributed by atoms with Crippen LogP contribution in [0, 0.1) is 10.1 Å². The molecule has 0 saturated carbocycles. The summed E-state index contributed by atoms with van der Waals surface area (Å²) in [5.41, 5.74) is 0.618. The van der Waals surface area contributed by atoms with Crippen molar-refractivity contribution in [3.05, 3.63) is 63.3 Å². The van der Waals surface area contributed by atoms with Gasteiger partial charge in [0.2, 0.25) is 5.90 Å². The summed E-state index contributed by atoms with van der Waals surface area (Å²) in [6.45, 7) is 0. The predicted molar refractivity (Wildman–Crippen MR) is 99.8 cm³/mol. The van der Waals surface area contributed by atoms with Crippen LogP contribution in [0.2, 0.25) is 0 Å². The van der Waals surface area contributed by atoms with E-state index in [9.17, 15) is 14.9 Å². The van der Waals surface area contributed by atoms with E-state index in [2.05, 4.69) is 4.99 Å². The number of nitrogens with zero attached hydrogens (tertiary/aromatic N) is 2. The number of hydrogen-bond acceptors (Lipinski definition) is 8. The second-order valence-electron chi connectivity index (χ2n) is 5.59. The van der Waals surface area contributed by atoms with Crippen molar-refractivity contribution in [2.24, 2.45) is 4.99 Å². The topological polar surface area (TPSA) is 109 Å². The van der Waals surface area contributed by atoms with E-state index in [0.717, 1.165) is 0 Å². The molecule has 3 rings (SSSR count). The molecule has 1 aliphatic heterocycles. The van der Waals surface area contributed by atoms with Crippen molar-refractivity contribution < 1.29 is 28.7 Å². The molecule has 0 fully saturated rings. The highest BCUT2D eigenvalue weighted by Crippen LogP contribution is 2.31. The number of nitro groups is 1. The third kappa shape index (κ3) is 3.63. The SMILES string of the molecule is COc1ccc(OC)c(/C=C2/N=C(c3ccc(OC)c([N+](=O)[O-])c3)OC2=O)c1. The molecule has 1 heterocycles. The van der Waals surface area contributed by atoms with Gasteiger partial charge in [-0.2, -0.15) is 0 Å². The second-order valence-corrected chi connectivity index (χ2v) is 5.59. The van der Waals surface area contributed by atoms with Crippen LogP contribution in [0.1, 0.15) is 11.1 Å². The van der Waals surface area contributed by atoms with Gasteiger partial charge in [0.25, 0.3) is 0 Å². The number of carbonyl (C=O) groups is 1. The quantitative estimate of drug-likeness (QED) is 0.326. The average Bonchev–Trinajstić information content (AvgIpc) is 3.07. The maximum atomic E-state index is 12.2. The summed E-state index contributed by atoms with van der Waals surface area (Å²) in [6.07, 6.45) is 1.49. The molecule has 0 unspecified atom stereocenters. The van der Waals surface area contributed by atoms with E-state index in [1.807, 2.05) is 0 Å². The maximum Gasteiger partial charge on any atom is 0.363 e. The minimum Gasteiger partial charge on any atom is -0.497 e. The standard InChI is InChI=1S/C19H16N2O7/c1-25-13-5-7-16(26-2)12(8-13)9-14-19(22)28-18(20-14)11-4-6-17(27-3)15(10-11)21(23)24/h4-10H,1-3H3/b14-9+. The molecule has 0 N–H and O–H groups in total. The van der Waals surface area contributed by atoms with Crippen LogP contribution in [0.4, 0.5) is 5.69 Å². The van der Waals surface area contributed by atoms with Gasteiger partial charge in [0.05, 0.1) is 26.3 Å². The number of hydrogen-bond donors (Lipinski definition) is 0. The molecule has 0 atom stereocenters. The molecule has 0 bridgehead atoms. The molecule has 9 heteroatoms. The lowest BCUT2D eigenvalue weighted by molar-refractivity contribution is -0.385. The summed E-state index contributed by atoms with van der Waals surface area (Å²) in [7, 11) is 4.36. The number of esters is 1. The van der Waals surface area contributed by atoms with Crippen LogP contribution in [0.15, 0.2) is 47.1 Å². The van der Waals surface area contributed by atoms with Crippen LogP contribution in [0.5, 0.6) is 17.2 Å². The summed E-state index contributed by atoms with van der Waals surface area (Å²) in [4.78, 5) is 27.0. The van der Waals surface area contributed by atoms with E-state index >= 15 is 0 Å². The van der Waals surface area contributed by atoms with Crippen molar-refractivity contribution in [2.75, 3.05) is 21.3 Å². The summed E-state index contributed by atoms with van der Waals surface area (Å²) in [5.74, 6) is 0.469. The van der Waals surface area contributed by atoms with Crippen LogP contribution in [-0.2, 0) is 9.53 Å². The van der Waals surface area contributed by atoms with Gasteiger partial charge in [-0.1, -0.05) is 0 Å².